The predicted molar refractivity (Wildman–Crippen MR) is 123 cm³/mol. The number of hydrogen-bond acceptors (Lipinski definition) is 5. The van der Waals surface area contributed by atoms with Crippen molar-refractivity contribution in [3.8, 4) is 17.4 Å². The Morgan fingerprint density at radius 1 is 1.17 bits per heavy atom. The summed E-state index contributed by atoms with van der Waals surface area (Å²) in [5.41, 5.74) is 5.04. The highest BCUT2D eigenvalue weighted by molar-refractivity contribution is 7.80. The van der Waals surface area contributed by atoms with Gasteiger partial charge in [-0.05, 0) is 86.6 Å². The molecule has 1 aliphatic rings. The van der Waals surface area contributed by atoms with Crippen molar-refractivity contribution in [1.29, 1.82) is 5.26 Å². The molecule has 0 saturated heterocycles. The summed E-state index contributed by atoms with van der Waals surface area (Å²) in [5, 5.41) is 16.1. The van der Waals surface area contributed by atoms with Gasteiger partial charge in [0.2, 0.25) is 0 Å². The Morgan fingerprint density at radius 3 is 2.73 bits per heavy atom. The number of anilines is 1. The van der Waals surface area contributed by atoms with Gasteiger partial charge in [-0.2, -0.15) is 5.26 Å². The van der Waals surface area contributed by atoms with Crippen LogP contribution in [0.1, 0.15) is 50.5 Å². The van der Waals surface area contributed by atoms with Crippen LogP contribution in [-0.4, -0.2) is 11.0 Å². The highest BCUT2D eigenvalue weighted by atomic mass is 32.1. The lowest BCUT2D eigenvalue weighted by Crippen LogP contribution is -2.33. The summed E-state index contributed by atoms with van der Waals surface area (Å²) in [6.45, 7) is 4.09. The molecule has 1 aliphatic carbocycles. The van der Waals surface area contributed by atoms with E-state index in [1.807, 2.05) is 25.1 Å². The van der Waals surface area contributed by atoms with Crippen LogP contribution in [0.4, 0.5) is 5.00 Å². The fraction of sp³-hybridized carbons (Fsp3) is 0.261. The number of amides is 1. The number of fused-ring (bicyclic) bond motifs is 1. The van der Waals surface area contributed by atoms with Gasteiger partial charge in [0.15, 0.2) is 10.9 Å². The third-order valence-electron chi connectivity index (χ3n) is 5.36. The fourth-order valence-corrected chi connectivity index (χ4v) is 5.08. The number of aryl methyl sites for hydroxylation is 3. The number of carbonyl (C=O) groups excluding carboxylic acids is 1. The summed E-state index contributed by atoms with van der Waals surface area (Å²) in [7, 11) is 0. The highest BCUT2D eigenvalue weighted by Crippen LogP contribution is 2.37. The maximum absolute atomic E-state index is 12.6. The number of rotatable bonds is 3. The van der Waals surface area contributed by atoms with Gasteiger partial charge in [-0.3, -0.25) is 10.1 Å². The summed E-state index contributed by atoms with van der Waals surface area (Å²) in [6, 6.07) is 11.7. The molecule has 2 aromatic heterocycles. The van der Waals surface area contributed by atoms with Crippen molar-refractivity contribution in [2.45, 2.75) is 39.5 Å². The first kappa shape index (κ1) is 20.3. The van der Waals surface area contributed by atoms with Gasteiger partial charge in [0.05, 0.1) is 5.56 Å². The molecule has 2 N–H and O–H groups in total. The lowest BCUT2D eigenvalue weighted by molar-refractivity contribution is 0.0951. The molecule has 0 radical (unpaired) electrons. The van der Waals surface area contributed by atoms with Gasteiger partial charge in [0.1, 0.15) is 16.8 Å². The molecule has 5 nitrogen and oxygen atoms in total. The van der Waals surface area contributed by atoms with E-state index in [0.29, 0.717) is 16.3 Å². The van der Waals surface area contributed by atoms with Crippen molar-refractivity contribution in [3.05, 3.63) is 63.2 Å². The molecule has 0 saturated carbocycles. The van der Waals surface area contributed by atoms with Crippen LogP contribution in [0.25, 0.3) is 11.3 Å². The third-order valence-corrected chi connectivity index (χ3v) is 6.77. The number of hydrogen-bond donors (Lipinski definition) is 2. The van der Waals surface area contributed by atoms with Gasteiger partial charge in [0.25, 0.3) is 5.91 Å². The van der Waals surface area contributed by atoms with Crippen LogP contribution >= 0.6 is 23.6 Å². The van der Waals surface area contributed by atoms with E-state index in [1.165, 1.54) is 10.4 Å². The number of nitrogens with one attached hydrogen (secondary N) is 2. The third kappa shape index (κ3) is 4.02. The zero-order valence-electron chi connectivity index (χ0n) is 16.8. The first-order chi connectivity index (χ1) is 14.5. The molecule has 0 unspecified atom stereocenters. The Morgan fingerprint density at radius 2 is 1.97 bits per heavy atom. The lowest BCUT2D eigenvalue weighted by atomic mass is 9.96. The molecular formula is C23H21N3O2S2. The quantitative estimate of drug-likeness (QED) is 0.531. The van der Waals surface area contributed by atoms with Gasteiger partial charge in [-0.15, -0.1) is 11.3 Å². The van der Waals surface area contributed by atoms with Crippen molar-refractivity contribution in [2.24, 2.45) is 0 Å². The van der Waals surface area contributed by atoms with Gasteiger partial charge < -0.3 is 9.73 Å². The smallest absolute Gasteiger partial charge is 0.293 e. The Hall–Kier alpha value is -2.95. The molecule has 1 aromatic carbocycles. The van der Waals surface area contributed by atoms with Crippen molar-refractivity contribution in [1.82, 2.24) is 5.32 Å². The normalized spacial score (nSPS) is 12.7. The highest BCUT2D eigenvalue weighted by Gasteiger charge is 2.22. The predicted octanol–water partition coefficient (Wildman–Crippen LogP) is 5.50. The molecular weight excluding hydrogens is 414 g/mol. The van der Waals surface area contributed by atoms with Gasteiger partial charge in [0, 0.05) is 10.4 Å². The van der Waals surface area contributed by atoms with Gasteiger partial charge in [-0.25, -0.2) is 0 Å². The number of thiocarbonyl (C=S) groups is 1. The van der Waals surface area contributed by atoms with E-state index in [0.717, 1.165) is 42.4 Å². The monoisotopic (exact) mass is 435 g/mol. The topological polar surface area (TPSA) is 78.1 Å². The van der Waals surface area contributed by atoms with E-state index in [1.54, 1.807) is 23.5 Å². The summed E-state index contributed by atoms with van der Waals surface area (Å²) in [4.78, 5) is 13.8. The number of nitriles is 1. The van der Waals surface area contributed by atoms with Crippen LogP contribution in [0.3, 0.4) is 0 Å². The zero-order valence-corrected chi connectivity index (χ0v) is 18.4. The average Bonchev–Trinajstić information content (AvgIpc) is 3.34. The van der Waals surface area contributed by atoms with Crippen LogP contribution in [0.15, 0.2) is 34.7 Å². The van der Waals surface area contributed by atoms with Crippen LogP contribution in [0.2, 0.25) is 0 Å². The van der Waals surface area contributed by atoms with Crippen LogP contribution in [-0.2, 0) is 12.8 Å². The summed E-state index contributed by atoms with van der Waals surface area (Å²) < 4.78 is 5.74. The summed E-state index contributed by atoms with van der Waals surface area (Å²) >= 11 is 6.85. The lowest BCUT2D eigenvalue weighted by Gasteiger charge is -2.09. The molecule has 0 atom stereocenters. The van der Waals surface area contributed by atoms with Crippen molar-refractivity contribution >= 4 is 39.6 Å². The fourth-order valence-electron chi connectivity index (χ4n) is 3.58. The van der Waals surface area contributed by atoms with E-state index >= 15 is 0 Å². The van der Waals surface area contributed by atoms with E-state index in [2.05, 4.69) is 23.6 Å². The molecule has 152 valence electrons. The van der Waals surface area contributed by atoms with Crippen molar-refractivity contribution < 1.29 is 9.21 Å². The number of furan rings is 1. The number of thiophene rings is 1. The van der Waals surface area contributed by atoms with Crippen LogP contribution < -0.4 is 10.6 Å². The molecule has 0 spiro atoms. The van der Waals surface area contributed by atoms with Crippen LogP contribution in [0.5, 0.6) is 0 Å². The number of carbonyl (C=O) groups is 1. The molecule has 7 heteroatoms. The minimum atomic E-state index is -0.428. The van der Waals surface area contributed by atoms with E-state index < -0.39 is 5.91 Å². The number of nitrogens with zero attached hydrogens (tertiary/aromatic N) is 1. The van der Waals surface area contributed by atoms with E-state index in [4.69, 9.17) is 16.6 Å². The molecule has 4 rings (SSSR count). The minimum absolute atomic E-state index is 0.152. The largest absolute Gasteiger partial charge is 0.451 e. The Bertz CT molecular complexity index is 1180. The molecule has 0 fully saturated rings. The maximum Gasteiger partial charge on any atom is 0.293 e. The summed E-state index contributed by atoms with van der Waals surface area (Å²) in [6.07, 6.45) is 4.15. The van der Waals surface area contributed by atoms with E-state index in [9.17, 15) is 10.1 Å². The van der Waals surface area contributed by atoms with Crippen LogP contribution in [0, 0.1) is 25.2 Å². The Kier molecular flexibility index (Phi) is 5.71. The number of benzene rings is 1. The van der Waals surface area contributed by atoms with Gasteiger partial charge >= 0.3 is 0 Å². The molecule has 0 bridgehead atoms. The van der Waals surface area contributed by atoms with Crippen molar-refractivity contribution in [2.75, 3.05) is 5.32 Å². The molecule has 0 aliphatic heterocycles. The zero-order chi connectivity index (χ0) is 21.3. The van der Waals surface area contributed by atoms with E-state index in [-0.39, 0.29) is 10.9 Å². The van der Waals surface area contributed by atoms with Crippen molar-refractivity contribution in [3.63, 3.8) is 0 Å². The maximum atomic E-state index is 12.6. The molecule has 1 amide bonds. The standard InChI is InChI=1S/C23H21N3O2S2/c1-13-7-8-15(11-14(13)2)18-9-10-19(28-18)21(27)25-23(29)26-22-17(12-24)16-5-3-4-6-20(16)30-22/h7-11H,3-6H2,1-2H3,(H2,25,26,27,29). The minimum Gasteiger partial charge on any atom is -0.451 e. The molecule has 2 heterocycles. The SMILES string of the molecule is Cc1ccc(-c2ccc(C(=O)NC(=S)Nc3sc4c(c3C#N)CCCC4)o2)cc1C. The Labute approximate surface area is 184 Å². The van der Waals surface area contributed by atoms with Gasteiger partial charge in [-0.1, -0.05) is 12.1 Å². The second-order valence-corrected chi connectivity index (χ2v) is 8.91. The summed E-state index contributed by atoms with van der Waals surface area (Å²) in [5.74, 6) is 0.376. The Balaban J connectivity index is 1.45. The second-order valence-electron chi connectivity index (χ2n) is 7.40. The molecule has 30 heavy (non-hydrogen) atoms. The first-order valence-electron chi connectivity index (χ1n) is 9.80. The second kappa shape index (κ2) is 8.42. The molecule has 3 aromatic rings. The average molecular weight is 436 g/mol. The first-order valence-corrected chi connectivity index (χ1v) is 11.0.